The zero-order valence-electron chi connectivity index (χ0n) is 5.96. The minimum absolute atomic E-state index is 0.861. The molecule has 0 heterocycles. The van der Waals surface area contributed by atoms with Gasteiger partial charge >= 0.3 is 0 Å². The number of hydrogen-bond donors (Lipinski definition) is 1. The molecule has 0 fully saturated rings. The third-order valence-corrected chi connectivity index (χ3v) is 0.950. The second kappa shape index (κ2) is 5.28. The molecule has 0 radical (unpaired) electrons. The molecule has 3 nitrogen and oxygen atoms in total. The van der Waals surface area contributed by atoms with Gasteiger partial charge in [0, 0.05) is 13.3 Å². The summed E-state index contributed by atoms with van der Waals surface area (Å²) < 4.78 is 0. The molecule has 0 unspecified atom stereocenters. The lowest BCUT2D eigenvalue weighted by molar-refractivity contribution is 0.991. The highest BCUT2D eigenvalue weighted by molar-refractivity contribution is 6.30. The summed E-state index contributed by atoms with van der Waals surface area (Å²) in [7, 11) is 1.71. The summed E-state index contributed by atoms with van der Waals surface area (Å²) in [6.07, 6.45) is 3.65. The van der Waals surface area contributed by atoms with E-state index >= 15 is 0 Å². The van der Waals surface area contributed by atoms with Crippen molar-refractivity contribution in [2.75, 3.05) is 7.05 Å². The zero-order valence-corrected chi connectivity index (χ0v) is 5.96. The number of hydrogen-bond acceptors (Lipinski definition) is 3. The van der Waals surface area contributed by atoms with Gasteiger partial charge in [-0.05, 0) is 6.42 Å². The van der Waals surface area contributed by atoms with E-state index in [1.807, 2.05) is 0 Å². The van der Waals surface area contributed by atoms with Gasteiger partial charge in [-0.1, -0.05) is 13.3 Å². The highest BCUT2D eigenvalue weighted by atomic mass is 15.1. The lowest BCUT2D eigenvalue weighted by Gasteiger charge is -1.91. The van der Waals surface area contributed by atoms with Gasteiger partial charge in [0.2, 0.25) is 0 Å². The van der Waals surface area contributed by atoms with Gasteiger partial charge in [-0.25, -0.2) is 0 Å². The van der Waals surface area contributed by atoms with Crippen LogP contribution in [0.25, 0.3) is 0 Å². The van der Waals surface area contributed by atoms with Gasteiger partial charge in [-0.2, -0.15) is 5.10 Å². The smallest absolute Gasteiger partial charge is 0.0778 e. The van der Waals surface area contributed by atoms with E-state index in [-0.39, 0.29) is 0 Å². The fourth-order valence-corrected chi connectivity index (χ4v) is 0.568. The van der Waals surface area contributed by atoms with Crippen LogP contribution in [-0.2, 0) is 0 Å². The summed E-state index contributed by atoms with van der Waals surface area (Å²) in [5.74, 6) is 5.04. The Morgan fingerprint density at radius 2 is 2.33 bits per heavy atom. The number of rotatable bonds is 3. The number of nitrogens with zero attached hydrogens (tertiary/aromatic N) is 2. The molecule has 0 atom stereocenters. The fourth-order valence-electron chi connectivity index (χ4n) is 0.568. The number of aliphatic imine (C=N–C) groups is 1. The van der Waals surface area contributed by atoms with E-state index in [1.54, 1.807) is 13.3 Å². The Morgan fingerprint density at radius 3 is 2.67 bits per heavy atom. The highest BCUT2D eigenvalue weighted by Gasteiger charge is 1.89. The molecule has 0 aliphatic heterocycles. The van der Waals surface area contributed by atoms with Gasteiger partial charge < -0.3 is 5.84 Å². The summed E-state index contributed by atoms with van der Waals surface area (Å²) in [6, 6.07) is 0. The van der Waals surface area contributed by atoms with E-state index in [0.717, 1.165) is 18.6 Å². The van der Waals surface area contributed by atoms with Crippen LogP contribution < -0.4 is 5.84 Å². The van der Waals surface area contributed by atoms with Crippen LogP contribution in [0, 0.1) is 0 Å². The van der Waals surface area contributed by atoms with E-state index in [9.17, 15) is 0 Å². The highest BCUT2D eigenvalue weighted by Crippen LogP contribution is 1.87. The predicted octanol–water partition coefficient (Wildman–Crippen LogP) is 0.802. The first-order valence-electron chi connectivity index (χ1n) is 3.04. The summed E-state index contributed by atoms with van der Waals surface area (Å²) in [4.78, 5) is 3.79. The zero-order chi connectivity index (χ0) is 7.11. The van der Waals surface area contributed by atoms with Crippen LogP contribution in [0.2, 0.25) is 0 Å². The van der Waals surface area contributed by atoms with Gasteiger partial charge in [0.05, 0.1) is 5.71 Å². The van der Waals surface area contributed by atoms with Crippen LogP contribution >= 0.6 is 0 Å². The van der Waals surface area contributed by atoms with Crippen molar-refractivity contribution in [3.8, 4) is 0 Å². The molecule has 0 saturated carbocycles. The number of hydrazone groups is 1. The van der Waals surface area contributed by atoms with Crippen molar-refractivity contribution in [2.24, 2.45) is 15.9 Å². The van der Waals surface area contributed by atoms with E-state index in [2.05, 4.69) is 17.0 Å². The standard InChI is InChI=1S/C6H13N3/c1-3-4-6(9-7)5-8-2/h5H,3-4,7H2,1-2H3. The van der Waals surface area contributed by atoms with Gasteiger partial charge in [0.1, 0.15) is 0 Å². The van der Waals surface area contributed by atoms with E-state index in [4.69, 9.17) is 5.84 Å². The molecular weight excluding hydrogens is 114 g/mol. The Kier molecular flexibility index (Phi) is 4.78. The maximum absolute atomic E-state index is 5.04. The fraction of sp³-hybridized carbons (Fsp3) is 0.667. The van der Waals surface area contributed by atoms with Crippen LogP contribution in [0.5, 0.6) is 0 Å². The third kappa shape index (κ3) is 3.70. The Labute approximate surface area is 55.7 Å². The topological polar surface area (TPSA) is 50.7 Å². The minimum atomic E-state index is 0.861. The van der Waals surface area contributed by atoms with Crippen LogP contribution in [0.4, 0.5) is 0 Å². The molecule has 0 saturated heterocycles. The molecule has 0 spiro atoms. The summed E-state index contributed by atoms with van der Waals surface area (Å²) in [6.45, 7) is 2.08. The second-order valence-corrected chi connectivity index (χ2v) is 1.76. The molecule has 0 aromatic rings. The van der Waals surface area contributed by atoms with Crippen molar-refractivity contribution in [3.05, 3.63) is 0 Å². The monoisotopic (exact) mass is 127 g/mol. The summed E-state index contributed by atoms with van der Waals surface area (Å²) >= 11 is 0. The van der Waals surface area contributed by atoms with E-state index in [0.29, 0.717) is 0 Å². The average Bonchev–Trinajstić information content (AvgIpc) is 1.88. The third-order valence-electron chi connectivity index (χ3n) is 0.950. The quantitative estimate of drug-likeness (QED) is 0.340. The van der Waals surface area contributed by atoms with Gasteiger partial charge in [-0.3, -0.25) is 4.99 Å². The lowest BCUT2D eigenvalue weighted by Crippen LogP contribution is -2.02. The summed E-state index contributed by atoms with van der Waals surface area (Å²) in [5.41, 5.74) is 0.861. The van der Waals surface area contributed by atoms with E-state index < -0.39 is 0 Å². The molecule has 3 heteroatoms. The SMILES string of the molecule is CCCC(C=NC)=NN. The number of nitrogens with two attached hydrogens (primary N) is 1. The van der Waals surface area contributed by atoms with Gasteiger partial charge in [0.25, 0.3) is 0 Å². The molecule has 9 heavy (non-hydrogen) atoms. The van der Waals surface area contributed by atoms with Gasteiger partial charge in [0.15, 0.2) is 0 Å². The Hall–Kier alpha value is -0.860. The van der Waals surface area contributed by atoms with Crippen LogP contribution in [0.3, 0.4) is 0 Å². The first kappa shape index (κ1) is 8.14. The largest absolute Gasteiger partial charge is 0.323 e. The summed E-state index contributed by atoms with van der Waals surface area (Å²) in [5, 5.41) is 3.53. The van der Waals surface area contributed by atoms with Crippen LogP contribution in [0.1, 0.15) is 19.8 Å². The van der Waals surface area contributed by atoms with Crippen molar-refractivity contribution < 1.29 is 0 Å². The van der Waals surface area contributed by atoms with Gasteiger partial charge in [-0.15, -0.1) is 0 Å². The molecule has 0 rings (SSSR count). The second-order valence-electron chi connectivity index (χ2n) is 1.76. The van der Waals surface area contributed by atoms with Crippen molar-refractivity contribution in [3.63, 3.8) is 0 Å². The van der Waals surface area contributed by atoms with Crippen molar-refractivity contribution in [2.45, 2.75) is 19.8 Å². The Balaban J connectivity index is 3.70. The molecule has 0 aromatic heterocycles. The van der Waals surface area contributed by atoms with Crippen molar-refractivity contribution >= 4 is 11.9 Å². The molecule has 2 N–H and O–H groups in total. The lowest BCUT2D eigenvalue weighted by atomic mass is 10.2. The Bertz CT molecular complexity index is 115. The molecule has 0 aliphatic carbocycles. The molecule has 0 aromatic carbocycles. The van der Waals surface area contributed by atoms with E-state index in [1.165, 1.54) is 0 Å². The van der Waals surface area contributed by atoms with Crippen molar-refractivity contribution in [1.29, 1.82) is 0 Å². The van der Waals surface area contributed by atoms with Crippen LogP contribution in [0.15, 0.2) is 10.1 Å². The average molecular weight is 127 g/mol. The molecule has 0 aliphatic rings. The molecule has 0 bridgehead atoms. The maximum atomic E-state index is 5.04. The molecule has 52 valence electrons. The van der Waals surface area contributed by atoms with Crippen LogP contribution in [-0.4, -0.2) is 19.0 Å². The Morgan fingerprint density at radius 1 is 1.67 bits per heavy atom. The maximum Gasteiger partial charge on any atom is 0.0778 e. The normalized spacial score (nSPS) is 12.9. The first-order valence-corrected chi connectivity index (χ1v) is 3.04. The minimum Gasteiger partial charge on any atom is -0.323 e. The molecule has 0 amide bonds. The predicted molar refractivity (Wildman–Crippen MR) is 40.9 cm³/mol. The molecular formula is C6H13N3. The first-order chi connectivity index (χ1) is 4.35. The van der Waals surface area contributed by atoms with Crippen molar-refractivity contribution in [1.82, 2.24) is 0 Å².